The fourth-order valence-electron chi connectivity index (χ4n) is 2.44. The normalized spacial score (nSPS) is 10.8. The van der Waals surface area contributed by atoms with Gasteiger partial charge in [0.05, 0.1) is 6.61 Å². The van der Waals surface area contributed by atoms with Crippen LogP contribution < -0.4 is 4.74 Å². The Hall–Kier alpha value is -1.05. The van der Waals surface area contributed by atoms with Gasteiger partial charge in [-0.1, -0.05) is 70.8 Å². The minimum atomic E-state index is -0.185. The second-order valence-corrected chi connectivity index (χ2v) is 5.94. The van der Waals surface area contributed by atoms with E-state index in [-0.39, 0.29) is 5.82 Å². The molecule has 0 saturated carbocycles. The fourth-order valence-corrected chi connectivity index (χ4v) is 2.44. The van der Waals surface area contributed by atoms with Gasteiger partial charge < -0.3 is 4.74 Å². The van der Waals surface area contributed by atoms with Crippen LogP contribution in [-0.2, 0) is 0 Å². The summed E-state index contributed by atoms with van der Waals surface area (Å²) in [4.78, 5) is 0. The molecule has 0 aromatic heterocycles. The third-order valence-corrected chi connectivity index (χ3v) is 3.91. The van der Waals surface area contributed by atoms with Crippen molar-refractivity contribution in [2.24, 2.45) is 0 Å². The number of aryl methyl sites for hydroxylation is 1. The van der Waals surface area contributed by atoms with Crippen LogP contribution >= 0.6 is 0 Å². The molecule has 0 spiro atoms. The predicted molar refractivity (Wildman–Crippen MR) is 88.5 cm³/mol. The summed E-state index contributed by atoms with van der Waals surface area (Å²) in [5.74, 6) is 0.463. The average molecular weight is 294 g/mol. The topological polar surface area (TPSA) is 9.23 Å². The van der Waals surface area contributed by atoms with Gasteiger partial charge in [0, 0.05) is 6.07 Å². The Balaban J connectivity index is 1.91. The summed E-state index contributed by atoms with van der Waals surface area (Å²) in [6.45, 7) is 4.72. The number of rotatable bonds is 12. The fraction of sp³-hybridized carbons (Fsp3) is 0.684. The molecule has 0 N–H and O–H groups in total. The van der Waals surface area contributed by atoms with Crippen LogP contribution in [0, 0.1) is 12.7 Å². The summed E-state index contributed by atoms with van der Waals surface area (Å²) in [6, 6.07) is 5.09. The van der Waals surface area contributed by atoms with Gasteiger partial charge in [0.2, 0.25) is 0 Å². The molecule has 0 saturated heterocycles. The van der Waals surface area contributed by atoms with E-state index in [0.717, 1.165) is 6.42 Å². The molecular weight excluding hydrogens is 263 g/mol. The van der Waals surface area contributed by atoms with Crippen LogP contribution in [0.1, 0.15) is 76.7 Å². The van der Waals surface area contributed by atoms with Gasteiger partial charge in [0.1, 0.15) is 11.6 Å². The zero-order valence-electron chi connectivity index (χ0n) is 13.8. The molecule has 120 valence electrons. The Kier molecular flexibility index (Phi) is 9.94. The van der Waals surface area contributed by atoms with Crippen molar-refractivity contribution in [1.29, 1.82) is 0 Å². The van der Waals surface area contributed by atoms with E-state index in [4.69, 9.17) is 4.74 Å². The molecule has 1 nitrogen and oxygen atoms in total. The largest absolute Gasteiger partial charge is 0.493 e. The molecule has 0 fully saturated rings. The number of unbranched alkanes of at least 4 members (excludes halogenated alkanes) is 9. The Morgan fingerprint density at radius 3 is 2.00 bits per heavy atom. The Labute approximate surface area is 129 Å². The van der Waals surface area contributed by atoms with Crippen molar-refractivity contribution in [1.82, 2.24) is 0 Å². The molecule has 1 aromatic rings. The third-order valence-electron chi connectivity index (χ3n) is 3.91. The summed E-state index contributed by atoms with van der Waals surface area (Å²) in [5, 5.41) is 0. The van der Waals surface area contributed by atoms with Crippen molar-refractivity contribution < 1.29 is 9.13 Å². The first-order valence-electron chi connectivity index (χ1n) is 8.63. The molecule has 21 heavy (non-hydrogen) atoms. The third kappa shape index (κ3) is 8.75. The number of halogens is 1. The van der Waals surface area contributed by atoms with Gasteiger partial charge >= 0.3 is 0 Å². The molecule has 1 rings (SSSR count). The van der Waals surface area contributed by atoms with E-state index < -0.39 is 0 Å². The van der Waals surface area contributed by atoms with Gasteiger partial charge in [-0.25, -0.2) is 4.39 Å². The average Bonchev–Trinajstić information content (AvgIpc) is 2.48. The molecule has 0 aliphatic heterocycles. The highest BCUT2D eigenvalue weighted by Crippen LogP contribution is 2.16. The summed E-state index contributed by atoms with van der Waals surface area (Å²) in [6.07, 6.45) is 13.2. The summed E-state index contributed by atoms with van der Waals surface area (Å²) >= 11 is 0. The molecule has 0 bridgehead atoms. The van der Waals surface area contributed by atoms with Crippen LogP contribution in [0.5, 0.6) is 5.75 Å². The molecule has 0 amide bonds. The van der Waals surface area contributed by atoms with E-state index in [2.05, 4.69) is 6.92 Å². The first-order chi connectivity index (χ1) is 10.2. The highest BCUT2D eigenvalue weighted by molar-refractivity contribution is 5.27. The minimum Gasteiger partial charge on any atom is -0.493 e. The van der Waals surface area contributed by atoms with Crippen LogP contribution in [-0.4, -0.2) is 6.61 Å². The molecule has 0 aliphatic carbocycles. The summed E-state index contributed by atoms with van der Waals surface area (Å²) < 4.78 is 18.9. The maximum atomic E-state index is 13.3. The van der Waals surface area contributed by atoms with E-state index in [1.165, 1.54) is 63.9 Å². The van der Waals surface area contributed by atoms with Gasteiger partial charge in [-0.3, -0.25) is 0 Å². The monoisotopic (exact) mass is 294 g/mol. The zero-order valence-corrected chi connectivity index (χ0v) is 13.8. The van der Waals surface area contributed by atoms with Crippen LogP contribution in [0.3, 0.4) is 0 Å². The van der Waals surface area contributed by atoms with Crippen LogP contribution in [0.25, 0.3) is 0 Å². The van der Waals surface area contributed by atoms with Gasteiger partial charge in [-0.05, 0) is 25.0 Å². The Morgan fingerprint density at radius 2 is 1.43 bits per heavy atom. The Bertz CT molecular complexity index is 376. The van der Waals surface area contributed by atoms with E-state index in [1.807, 2.05) is 6.07 Å². The molecule has 0 aliphatic rings. The summed E-state index contributed by atoms with van der Waals surface area (Å²) in [7, 11) is 0. The second-order valence-electron chi connectivity index (χ2n) is 5.94. The highest BCUT2D eigenvalue weighted by atomic mass is 19.1. The van der Waals surface area contributed by atoms with Crippen molar-refractivity contribution in [3.8, 4) is 5.75 Å². The smallest absolute Gasteiger partial charge is 0.129 e. The van der Waals surface area contributed by atoms with E-state index >= 15 is 0 Å². The lowest BCUT2D eigenvalue weighted by molar-refractivity contribution is 0.302. The van der Waals surface area contributed by atoms with Crippen molar-refractivity contribution in [3.63, 3.8) is 0 Å². The SMILES string of the molecule is CCCCCCCCCCCCOc1ccc(C)c(F)c1. The molecular formula is C19H31FO. The quantitative estimate of drug-likeness (QED) is 0.403. The standard InChI is InChI=1S/C19H31FO/c1-3-4-5-6-7-8-9-10-11-12-15-21-18-14-13-17(2)19(20)16-18/h13-14,16H,3-12,15H2,1-2H3. The maximum Gasteiger partial charge on any atom is 0.129 e. The highest BCUT2D eigenvalue weighted by Gasteiger charge is 2.00. The van der Waals surface area contributed by atoms with Gasteiger partial charge in [0.25, 0.3) is 0 Å². The zero-order chi connectivity index (χ0) is 15.3. The van der Waals surface area contributed by atoms with Gasteiger partial charge in [0.15, 0.2) is 0 Å². The van der Waals surface area contributed by atoms with E-state index in [0.29, 0.717) is 17.9 Å². The second kappa shape index (κ2) is 11.6. The molecule has 0 radical (unpaired) electrons. The summed E-state index contributed by atoms with van der Waals surface area (Å²) in [5.41, 5.74) is 0.668. The van der Waals surface area contributed by atoms with E-state index in [1.54, 1.807) is 13.0 Å². The number of ether oxygens (including phenoxy) is 1. The first-order valence-corrected chi connectivity index (χ1v) is 8.63. The Morgan fingerprint density at radius 1 is 0.857 bits per heavy atom. The molecule has 0 atom stereocenters. The van der Waals surface area contributed by atoms with E-state index in [9.17, 15) is 4.39 Å². The molecule has 0 unspecified atom stereocenters. The lowest BCUT2D eigenvalue weighted by Gasteiger charge is -2.07. The number of benzene rings is 1. The lowest BCUT2D eigenvalue weighted by Crippen LogP contribution is -1.98. The molecule has 0 heterocycles. The van der Waals surface area contributed by atoms with Crippen LogP contribution in [0.4, 0.5) is 4.39 Å². The predicted octanol–water partition coefficient (Wildman–Crippen LogP) is 6.43. The van der Waals surface area contributed by atoms with Crippen molar-refractivity contribution in [3.05, 3.63) is 29.6 Å². The minimum absolute atomic E-state index is 0.185. The van der Waals surface area contributed by atoms with Crippen molar-refractivity contribution >= 4 is 0 Å². The van der Waals surface area contributed by atoms with Gasteiger partial charge in [-0.15, -0.1) is 0 Å². The van der Waals surface area contributed by atoms with Crippen molar-refractivity contribution in [2.45, 2.75) is 78.1 Å². The molecule has 1 aromatic carbocycles. The maximum absolute atomic E-state index is 13.3. The number of hydrogen-bond acceptors (Lipinski definition) is 1. The van der Waals surface area contributed by atoms with Crippen LogP contribution in [0.2, 0.25) is 0 Å². The van der Waals surface area contributed by atoms with Crippen LogP contribution in [0.15, 0.2) is 18.2 Å². The lowest BCUT2D eigenvalue weighted by atomic mass is 10.1. The number of hydrogen-bond donors (Lipinski definition) is 0. The molecule has 2 heteroatoms. The van der Waals surface area contributed by atoms with Crippen molar-refractivity contribution in [2.75, 3.05) is 6.61 Å². The first kappa shape index (κ1) is 18.0. The van der Waals surface area contributed by atoms with Gasteiger partial charge in [-0.2, -0.15) is 0 Å².